The van der Waals surface area contributed by atoms with E-state index < -0.39 is 0 Å². The van der Waals surface area contributed by atoms with Crippen LogP contribution in [0.4, 0.5) is 0 Å². The lowest BCUT2D eigenvalue weighted by molar-refractivity contribution is -0.133. The molecule has 2 fully saturated rings. The summed E-state index contributed by atoms with van der Waals surface area (Å²) in [6.45, 7) is 7.49. The van der Waals surface area contributed by atoms with Crippen LogP contribution in [0.15, 0.2) is 24.3 Å². The monoisotopic (exact) mass is 287 g/mol. The fourth-order valence-corrected chi connectivity index (χ4v) is 2.53. The average molecular weight is 287 g/mol. The third-order valence-corrected chi connectivity index (χ3v) is 4.07. The van der Waals surface area contributed by atoms with E-state index in [1.54, 1.807) is 0 Å². The van der Waals surface area contributed by atoms with Gasteiger partial charge in [0.05, 0.1) is 6.42 Å². The summed E-state index contributed by atoms with van der Waals surface area (Å²) in [5.74, 6) is 0.223. The van der Waals surface area contributed by atoms with E-state index in [-0.39, 0.29) is 18.4 Å². The van der Waals surface area contributed by atoms with Gasteiger partial charge in [0.15, 0.2) is 0 Å². The van der Waals surface area contributed by atoms with Gasteiger partial charge in [-0.2, -0.15) is 0 Å². The quantitative estimate of drug-likeness (QED) is 0.785. The SMILES string of the molecule is CC1(C)COB(c2ccc(CC(=O)N3CCC3)cc2)OC1. The number of carbonyl (C=O) groups is 1. The van der Waals surface area contributed by atoms with Crippen molar-refractivity contribution >= 4 is 18.5 Å². The summed E-state index contributed by atoms with van der Waals surface area (Å²) in [5, 5.41) is 0. The van der Waals surface area contributed by atoms with Crippen LogP contribution in [0.3, 0.4) is 0 Å². The van der Waals surface area contributed by atoms with Gasteiger partial charge in [0.1, 0.15) is 0 Å². The van der Waals surface area contributed by atoms with E-state index in [1.807, 2.05) is 29.2 Å². The van der Waals surface area contributed by atoms with Crippen molar-refractivity contribution in [2.24, 2.45) is 5.41 Å². The number of hydrogen-bond donors (Lipinski definition) is 0. The van der Waals surface area contributed by atoms with Crippen LogP contribution in [0.2, 0.25) is 0 Å². The molecule has 2 aliphatic heterocycles. The van der Waals surface area contributed by atoms with Crippen molar-refractivity contribution in [1.82, 2.24) is 4.90 Å². The van der Waals surface area contributed by atoms with Gasteiger partial charge in [-0.05, 0) is 17.4 Å². The van der Waals surface area contributed by atoms with Gasteiger partial charge in [-0.3, -0.25) is 4.79 Å². The van der Waals surface area contributed by atoms with Gasteiger partial charge in [0.2, 0.25) is 5.91 Å². The summed E-state index contributed by atoms with van der Waals surface area (Å²) in [4.78, 5) is 13.8. The number of hydrogen-bond acceptors (Lipinski definition) is 3. The summed E-state index contributed by atoms with van der Waals surface area (Å²) in [6, 6.07) is 8.00. The lowest BCUT2D eigenvalue weighted by Crippen LogP contribution is -2.47. The molecule has 1 aromatic carbocycles. The standard InChI is InChI=1S/C16H22BNO3/c1-16(2)11-20-17(21-12-16)14-6-4-13(5-7-14)10-15(19)18-8-3-9-18/h4-7H,3,8-12H2,1-2H3. The Hall–Kier alpha value is -1.33. The molecular formula is C16H22BNO3. The molecule has 0 bridgehead atoms. The molecule has 0 unspecified atom stereocenters. The van der Waals surface area contributed by atoms with Crippen molar-refractivity contribution in [2.75, 3.05) is 26.3 Å². The van der Waals surface area contributed by atoms with Gasteiger partial charge >= 0.3 is 7.12 Å². The highest BCUT2D eigenvalue weighted by Crippen LogP contribution is 2.21. The van der Waals surface area contributed by atoms with Gasteiger partial charge in [-0.15, -0.1) is 0 Å². The van der Waals surface area contributed by atoms with Gasteiger partial charge in [0.25, 0.3) is 0 Å². The van der Waals surface area contributed by atoms with Crippen LogP contribution in [0.5, 0.6) is 0 Å². The van der Waals surface area contributed by atoms with Crippen molar-refractivity contribution in [3.8, 4) is 0 Å². The minimum atomic E-state index is -0.279. The van der Waals surface area contributed by atoms with E-state index in [9.17, 15) is 4.79 Å². The second-order valence-electron chi connectivity index (χ2n) is 6.77. The Morgan fingerprint density at radius 2 is 1.81 bits per heavy atom. The minimum Gasteiger partial charge on any atom is -0.407 e. The van der Waals surface area contributed by atoms with E-state index in [4.69, 9.17) is 9.31 Å². The summed E-state index contributed by atoms with van der Waals surface area (Å²) in [6.07, 6.45) is 1.62. The molecule has 4 nitrogen and oxygen atoms in total. The number of benzene rings is 1. The third kappa shape index (κ3) is 3.47. The Balaban J connectivity index is 1.58. The van der Waals surface area contributed by atoms with Gasteiger partial charge in [-0.25, -0.2) is 0 Å². The zero-order valence-corrected chi connectivity index (χ0v) is 12.8. The molecule has 0 spiro atoms. The number of amides is 1. The fraction of sp³-hybridized carbons (Fsp3) is 0.562. The first-order valence-electron chi connectivity index (χ1n) is 7.63. The molecule has 0 aliphatic carbocycles. The van der Waals surface area contributed by atoms with Crippen molar-refractivity contribution in [2.45, 2.75) is 26.7 Å². The Morgan fingerprint density at radius 3 is 2.33 bits per heavy atom. The zero-order valence-electron chi connectivity index (χ0n) is 12.8. The van der Waals surface area contributed by atoms with E-state index >= 15 is 0 Å². The number of nitrogens with zero attached hydrogens (tertiary/aromatic N) is 1. The van der Waals surface area contributed by atoms with Crippen molar-refractivity contribution < 1.29 is 14.1 Å². The van der Waals surface area contributed by atoms with Crippen LogP contribution in [0.25, 0.3) is 0 Å². The van der Waals surface area contributed by atoms with Gasteiger partial charge in [0, 0.05) is 31.7 Å². The first-order chi connectivity index (χ1) is 10.0. The second kappa shape index (κ2) is 5.81. The van der Waals surface area contributed by atoms with Gasteiger partial charge < -0.3 is 14.2 Å². The molecule has 5 heteroatoms. The molecule has 2 heterocycles. The van der Waals surface area contributed by atoms with Gasteiger partial charge in [-0.1, -0.05) is 38.1 Å². The Kier molecular flexibility index (Phi) is 4.04. The van der Waals surface area contributed by atoms with Crippen LogP contribution < -0.4 is 5.46 Å². The summed E-state index contributed by atoms with van der Waals surface area (Å²) in [7, 11) is -0.279. The summed E-state index contributed by atoms with van der Waals surface area (Å²) >= 11 is 0. The van der Waals surface area contributed by atoms with E-state index in [1.165, 1.54) is 0 Å². The highest BCUT2D eigenvalue weighted by molar-refractivity contribution is 6.61. The predicted molar refractivity (Wildman–Crippen MR) is 82.4 cm³/mol. The molecule has 112 valence electrons. The van der Waals surface area contributed by atoms with Crippen molar-refractivity contribution in [1.29, 1.82) is 0 Å². The Bertz CT molecular complexity index is 501. The number of likely N-dealkylation sites (tertiary alicyclic amines) is 1. The molecule has 0 N–H and O–H groups in total. The molecular weight excluding hydrogens is 265 g/mol. The second-order valence-corrected chi connectivity index (χ2v) is 6.77. The van der Waals surface area contributed by atoms with Crippen LogP contribution in [0.1, 0.15) is 25.8 Å². The van der Waals surface area contributed by atoms with Crippen LogP contribution in [0, 0.1) is 5.41 Å². The van der Waals surface area contributed by atoms with Crippen molar-refractivity contribution in [3.63, 3.8) is 0 Å². The maximum absolute atomic E-state index is 11.9. The molecule has 0 radical (unpaired) electrons. The highest BCUT2D eigenvalue weighted by atomic mass is 16.6. The molecule has 1 amide bonds. The van der Waals surface area contributed by atoms with E-state index in [0.29, 0.717) is 19.6 Å². The lowest BCUT2D eigenvalue weighted by atomic mass is 9.75. The predicted octanol–water partition coefficient (Wildman–Crippen LogP) is 1.23. The molecule has 1 aromatic rings. The normalized spacial score (nSPS) is 21.0. The lowest BCUT2D eigenvalue weighted by Gasteiger charge is -2.33. The van der Waals surface area contributed by atoms with Crippen LogP contribution >= 0.6 is 0 Å². The fourth-order valence-electron chi connectivity index (χ4n) is 2.53. The van der Waals surface area contributed by atoms with Crippen LogP contribution in [-0.4, -0.2) is 44.2 Å². The molecule has 3 rings (SSSR count). The van der Waals surface area contributed by atoms with E-state index in [2.05, 4.69) is 13.8 Å². The third-order valence-electron chi connectivity index (χ3n) is 4.07. The first-order valence-corrected chi connectivity index (χ1v) is 7.63. The smallest absolute Gasteiger partial charge is 0.407 e. The molecule has 0 saturated carbocycles. The van der Waals surface area contributed by atoms with Crippen molar-refractivity contribution in [3.05, 3.63) is 29.8 Å². The summed E-state index contributed by atoms with van der Waals surface area (Å²) < 4.78 is 11.5. The molecule has 0 aromatic heterocycles. The Labute approximate surface area is 126 Å². The molecule has 21 heavy (non-hydrogen) atoms. The molecule has 2 saturated heterocycles. The van der Waals surface area contributed by atoms with E-state index in [0.717, 1.165) is 30.5 Å². The molecule has 0 atom stereocenters. The largest absolute Gasteiger partial charge is 0.493 e. The number of carbonyl (C=O) groups excluding carboxylic acids is 1. The minimum absolute atomic E-state index is 0.0834. The highest BCUT2D eigenvalue weighted by Gasteiger charge is 2.33. The Morgan fingerprint density at radius 1 is 1.19 bits per heavy atom. The maximum Gasteiger partial charge on any atom is 0.493 e. The topological polar surface area (TPSA) is 38.8 Å². The molecule has 2 aliphatic rings. The maximum atomic E-state index is 11.9. The summed E-state index contributed by atoms with van der Waals surface area (Å²) in [5.41, 5.74) is 2.15. The van der Waals surface area contributed by atoms with Crippen LogP contribution in [-0.2, 0) is 20.5 Å². The average Bonchev–Trinajstić information content (AvgIpc) is 2.38. The first kappa shape index (κ1) is 14.6. The zero-order chi connectivity index (χ0) is 14.9. The number of rotatable bonds is 3.